The van der Waals surface area contributed by atoms with Gasteiger partial charge in [-0.1, -0.05) is 11.6 Å². The van der Waals surface area contributed by atoms with E-state index in [9.17, 15) is 0 Å². The first kappa shape index (κ1) is 13.9. The standard InChI is InChI=1S/C13H15ClN4O/c1-19-8-7-15-9-10-4-6-17-13(18-10)12-11(14)3-2-5-16-12/h2-6,15H,7-9H2,1H3. The molecule has 19 heavy (non-hydrogen) atoms. The molecule has 0 saturated heterocycles. The third kappa shape index (κ3) is 3.96. The van der Waals surface area contributed by atoms with Crippen molar-refractivity contribution in [2.75, 3.05) is 20.3 Å². The van der Waals surface area contributed by atoms with E-state index >= 15 is 0 Å². The number of aromatic nitrogens is 3. The molecule has 0 aliphatic carbocycles. The first-order chi connectivity index (χ1) is 9.31. The average Bonchev–Trinajstić information content (AvgIpc) is 2.44. The van der Waals surface area contributed by atoms with E-state index in [-0.39, 0.29) is 0 Å². The molecule has 2 aromatic rings. The van der Waals surface area contributed by atoms with Crippen LogP contribution < -0.4 is 5.32 Å². The molecule has 0 aliphatic rings. The van der Waals surface area contributed by atoms with Crippen LogP contribution in [-0.2, 0) is 11.3 Å². The van der Waals surface area contributed by atoms with Gasteiger partial charge in [-0.25, -0.2) is 9.97 Å². The molecule has 0 aromatic carbocycles. The van der Waals surface area contributed by atoms with E-state index in [1.807, 2.05) is 6.07 Å². The zero-order chi connectivity index (χ0) is 13.5. The number of halogens is 1. The van der Waals surface area contributed by atoms with Crippen LogP contribution in [0, 0.1) is 0 Å². The Morgan fingerprint density at radius 3 is 2.95 bits per heavy atom. The monoisotopic (exact) mass is 278 g/mol. The predicted octanol–water partition coefficient (Wildman–Crippen LogP) is 1.93. The van der Waals surface area contributed by atoms with Crippen molar-refractivity contribution in [2.45, 2.75) is 6.54 Å². The number of ether oxygens (including phenoxy) is 1. The molecule has 0 fully saturated rings. The van der Waals surface area contributed by atoms with Gasteiger partial charge < -0.3 is 10.1 Å². The highest BCUT2D eigenvalue weighted by Gasteiger charge is 2.07. The Bertz CT molecular complexity index is 536. The molecule has 5 nitrogen and oxygen atoms in total. The molecule has 0 saturated carbocycles. The van der Waals surface area contributed by atoms with Crippen LogP contribution in [0.4, 0.5) is 0 Å². The fourth-order valence-corrected chi connectivity index (χ4v) is 1.76. The summed E-state index contributed by atoms with van der Waals surface area (Å²) in [6, 6.07) is 5.42. The second-order valence-electron chi connectivity index (χ2n) is 3.87. The number of hydrogen-bond donors (Lipinski definition) is 1. The van der Waals surface area contributed by atoms with Crippen molar-refractivity contribution >= 4 is 11.6 Å². The Balaban J connectivity index is 2.09. The molecule has 0 spiro atoms. The van der Waals surface area contributed by atoms with Crippen molar-refractivity contribution in [3.63, 3.8) is 0 Å². The summed E-state index contributed by atoms with van der Waals surface area (Å²) in [6.07, 6.45) is 3.38. The van der Waals surface area contributed by atoms with Gasteiger partial charge in [0.25, 0.3) is 0 Å². The second kappa shape index (κ2) is 7.13. The van der Waals surface area contributed by atoms with Gasteiger partial charge in [0.15, 0.2) is 5.82 Å². The quantitative estimate of drug-likeness (QED) is 0.818. The molecule has 100 valence electrons. The van der Waals surface area contributed by atoms with Gasteiger partial charge in [-0.3, -0.25) is 4.98 Å². The van der Waals surface area contributed by atoms with E-state index in [0.29, 0.717) is 29.7 Å². The van der Waals surface area contributed by atoms with E-state index in [0.717, 1.165) is 12.2 Å². The molecule has 0 aliphatic heterocycles. The average molecular weight is 279 g/mol. The number of methoxy groups -OCH3 is 1. The number of nitrogens with one attached hydrogen (secondary N) is 1. The van der Waals surface area contributed by atoms with Gasteiger partial charge in [0.2, 0.25) is 0 Å². The Kier molecular flexibility index (Phi) is 5.20. The highest BCUT2D eigenvalue weighted by atomic mass is 35.5. The zero-order valence-corrected chi connectivity index (χ0v) is 11.4. The van der Waals surface area contributed by atoms with E-state index in [1.165, 1.54) is 0 Å². The fraction of sp³-hybridized carbons (Fsp3) is 0.308. The minimum atomic E-state index is 0.539. The number of hydrogen-bond acceptors (Lipinski definition) is 5. The molecule has 0 atom stereocenters. The Hall–Kier alpha value is -1.56. The maximum atomic E-state index is 6.08. The lowest BCUT2D eigenvalue weighted by Crippen LogP contribution is -2.19. The summed E-state index contributed by atoms with van der Waals surface area (Å²) >= 11 is 6.08. The predicted molar refractivity (Wildman–Crippen MR) is 73.9 cm³/mol. The molecule has 6 heteroatoms. The van der Waals surface area contributed by atoms with Gasteiger partial charge in [-0.2, -0.15) is 0 Å². The first-order valence-electron chi connectivity index (χ1n) is 5.93. The van der Waals surface area contributed by atoms with Gasteiger partial charge in [0.1, 0.15) is 5.69 Å². The van der Waals surface area contributed by atoms with Crippen LogP contribution in [0.1, 0.15) is 5.69 Å². The van der Waals surface area contributed by atoms with Crippen molar-refractivity contribution < 1.29 is 4.74 Å². The maximum Gasteiger partial charge on any atom is 0.179 e. The lowest BCUT2D eigenvalue weighted by molar-refractivity contribution is 0.199. The second-order valence-corrected chi connectivity index (χ2v) is 4.28. The molecule has 1 N–H and O–H groups in total. The summed E-state index contributed by atoms with van der Waals surface area (Å²) in [5.74, 6) is 0.539. The molecule has 2 rings (SSSR count). The topological polar surface area (TPSA) is 59.9 Å². The van der Waals surface area contributed by atoms with Crippen LogP contribution in [0.5, 0.6) is 0 Å². The fourth-order valence-electron chi connectivity index (χ4n) is 1.55. The van der Waals surface area contributed by atoms with Crippen LogP contribution in [0.2, 0.25) is 5.02 Å². The summed E-state index contributed by atoms with van der Waals surface area (Å²) in [5.41, 5.74) is 1.49. The van der Waals surface area contributed by atoms with Crippen LogP contribution in [-0.4, -0.2) is 35.2 Å². The van der Waals surface area contributed by atoms with Crippen molar-refractivity contribution in [1.29, 1.82) is 0 Å². The Labute approximate surface area is 117 Å². The van der Waals surface area contributed by atoms with E-state index in [4.69, 9.17) is 16.3 Å². The van der Waals surface area contributed by atoms with Crippen LogP contribution >= 0.6 is 11.6 Å². The normalized spacial score (nSPS) is 10.6. The lowest BCUT2D eigenvalue weighted by atomic mass is 10.3. The van der Waals surface area contributed by atoms with Gasteiger partial charge in [-0.05, 0) is 18.2 Å². The first-order valence-corrected chi connectivity index (χ1v) is 6.31. The summed E-state index contributed by atoms with van der Waals surface area (Å²) in [4.78, 5) is 12.8. The van der Waals surface area contributed by atoms with E-state index in [1.54, 1.807) is 31.6 Å². The van der Waals surface area contributed by atoms with Crippen LogP contribution in [0.15, 0.2) is 30.6 Å². The van der Waals surface area contributed by atoms with E-state index in [2.05, 4.69) is 20.3 Å². The number of rotatable bonds is 6. The van der Waals surface area contributed by atoms with Crippen molar-refractivity contribution in [2.24, 2.45) is 0 Å². The van der Waals surface area contributed by atoms with Gasteiger partial charge in [0.05, 0.1) is 17.3 Å². The van der Waals surface area contributed by atoms with E-state index < -0.39 is 0 Å². The van der Waals surface area contributed by atoms with Gasteiger partial charge >= 0.3 is 0 Å². The molecule has 0 bridgehead atoms. The lowest BCUT2D eigenvalue weighted by Gasteiger charge is -2.06. The minimum Gasteiger partial charge on any atom is -0.383 e. The van der Waals surface area contributed by atoms with Gasteiger partial charge in [0, 0.05) is 32.6 Å². The molecular formula is C13H15ClN4O. The summed E-state index contributed by atoms with van der Waals surface area (Å²) < 4.78 is 4.97. The molecule has 2 heterocycles. The highest BCUT2D eigenvalue weighted by molar-refractivity contribution is 6.32. The zero-order valence-electron chi connectivity index (χ0n) is 10.6. The smallest absolute Gasteiger partial charge is 0.179 e. The summed E-state index contributed by atoms with van der Waals surface area (Å²) in [6.45, 7) is 2.10. The summed E-state index contributed by atoms with van der Waals surface area (Å²) in [5, 5.41) is 3.78. The number of nitrogens with zero attached hydrogens (tertiary/aromatic N) is 3. The van der Waals surface area contributed by atoms with Crippen LogP contribution in [0.25, 0.3) is 11.5 Å². The SMILES string of the molecule is COCCNCc1ccnc(-c2ncccc2Cl)n1. The number of pyridine rings is 1. The molecule has 0 amide bonds. The molecule has 0 radical (unpaired) electrons. The summed E-state index contributed by atoms with van der Waals surface area (Å²) in [7, 11) is 1.67. The molecule has 2 aromatic heterocycles. The van der Waals surface area contributed by atoms with Crippen molar-refractivity contribution in [3.05, 3.63) is 41.3 Å². The highest BCUT2D eigenvalue weighted by Crippen LogP contribution is 2.21. The third-order valence-corrected chi connectivity index (χ3v) is 2.78. The minimum absolute atomic E-state index is 0.539. The molecule has 0 unspecified atom stereocenters. The Morgan fingerprint density at radius 1 is 1.26 bits per heavy atom. The van der Waals surface area contributed by atoms with Gasteiger partial charge in [-0.15, -0.1) is 0 Å². The van der Waals surface area contributed by atoms with Crippen molar-refractivity contribution in [1.82, 2.24) is 20.3 Å². The maximum absolute atomic E-state index is 6.08. The van der Waals surface area contributed by atoms with Crippen LogP contribution in [0.3, 0.4) is 0 Å². The third-order valence-electron chi connectivity index (χ3n) is 2.47. The largest absolute Gasteiger partial charge is 0.383 e. The van der Waals surface area contributed by atoms with Crippen molar-refractivity contribution in [3.8, 4) is 11.5 Å². The Morgan fingerprint density at radius 2 is 2.16 bits per heavy atom. The molecular weight excluding hydrogens is 264 g/mol.